The number of halogens is 1. The molecule has 0 aliphatic carbocycles. The van der Waals surface area contributed by atoms with E-state index in [0.717, 1.165) is 35.7 Å². The van der Waals surface area contributed by atoms with Crippen LogP contribution in [0.3, 0.4) is 0 Å². The molecule has 1 N–H and O–H groups in total. The predicted molar refractivity (Wildman–Crippen MR) is 104 cm³/mol. The molecule has 5 heteroatoms. The average molecular weight is 350 g/mol. The molecule has 0 unspecified atom stereocenters. The highest BCUT2D eigenvalue weighted by Crippen LogP contribution is 2.24. The molecule has 134 valence electrons. The summed E-state index contributed by atoms with van der Waals surface area (Å²) < 4.78 is 13.0. The third-order valence-corrected chi connectivity index (χ3v) is 4.11. The van der Waals surface area contributed by atoms with Gasteiger partial charge in [-0.05, 0) is 50.1 Å². The van der Waals surface area contributed by atoms with E-state index in [4.69, 9.17) is 0 Å². The van der Waals surface area contributed by atoms with E-state index in [0.29, 0.717) is 12.5 Å². The predicted octanol–water partition coefficient (Wildman–Crippen LogP) is 4.74. The third kappa shape index (κ3) is 4.57. The Morgan fingerprint density at radius 3 is 2.42 bits per heavy atom. The summed E-state index contributed by atoms with van der Waals surface area (Å²) in [6.07, 6.45) is 0.781. The summed E-state index contributed by atoms with van der Waals surface area (Å²) in [5, 5.41) is 3.28. The fraction of sp³-hybridized carbons (Fsp3) is 0.238. The van der Waals surface area contributed by atoms with Gasteiger partial charge in [0.05, 0.1) is 0 Å². The number of nitrogens with zero attached hydrogens (tertiary/aromatic N) is 3. The first-order chi connectivity index (χ1) is 12.7. The summed E-state index contributed by atoms with van der Waals surface area (Å²) in [4.78, 5) is 11.3. The van der Waals surface area contributed by atoms with Gasteiger partial charge in [-0.15, -0.1) is 0 Å². The lowest BCUT2D eigenvalue weighted by atomic mass is 10.1. The molecule has 0 aliphatic rings. The van der Waals surface area contributed by atoms with Crippen molar-refractivity contribution in [3.8, 4) is 0 Å². The van der Waals surface area contributed by atoms with Crippen molar-refractivity contribution in [3.05, 3.63) is 77.7 Å². The van der Waals surface area contributed by atoms with Crippen LogP contribution >= 0.6 is 0 Å². The van der Waals surface area contributed by atoms with E-state index in [1.54, 1.807) is 12.1 Å². The van der Waals surface area contributed by atoms with Gasteiger partial charge in [0, 0.05) is 30.5 Å². The van der Waals surface area contributed by atoms with Crippen molar-refractivity contribution in [3.63, 3.8) is 0 Å². The molecule has 26 heavy (non-hydrogen) atoms. The molecule has 0 aliphatic heterocycles. The van der Waals surface area contributed by atoms with Crippen molar-refractivity contribution in [1.82, 2.24) is 9.97 Å². The number of anilines is 3. The van der Waals surface area contributed by atoms with E-state index < -0.39 is 0 Å². The largest absolute Gasteiger partial charge is 0.354 e. The number of para-hydroxylation sites is 1. The van der Waals surface area contributed by atoms with E-state index in [2.05, 4.69) is 39.2 Å². The van der Waals surface area contributed by atoms with Crippen LogP contribution in [0.5, 0.6) is 0 Å². The Hall–Kier alpha value is -2.95. The van der Waals surface area contributed by atoms with E-state index in [1.165, 1.54) is 12.1 Å². The fourth-order valence-electron chi connectivity index (χ4n) is 2.82. The molecule has 0 radical (unpaired) electrons. The molecule has 4 nitrogen and oxygen atoms in total. The minimum Gasteiger partial charge on any atom is -0.354 e. The Bertz CT molecular complexity index is 834. The van der Waals surface area contributed by atoms with Crippen molar-refractivity contribution in [2.75, 3.05) is 23.3 Å². The quantitative estimate of drug-likeness (QED) is 0.668. The van der Waals surface area contributed by atoms with Gasteiger partial charge in [-0.25, -0.2) is 9.37 Å². The van der Waals surface area contributed by atoms with Crippen molar-refractivity contribution < 1.29 is 4.39 Å². The van der Waals surface area contributed by atoms with Crippen LogP contribution in [0.1, 0.15) is 18.2 Å². The molecule has 0 saturated heterocycles. The number of rotatable bonds is 7. The maximum atomic E-state index is 13.0. The highest BCUT2D eigenvalue weighted by molar-refractivity contribution is 5.61. The first-order valence-electron chi connectivity index (χ1n) is 8.82. The monoisotopic (exact) mass is 350 g/mol. The van der Waals surface area contributed by atoms with Gasteiger partial charge in [0.2, 0.25) is 5.95 Å². The third-order valence-electron chi connectivity index (χ3n) is 4.11. The Labute approximate surface area is 153 Å². The molecule has 1 heterocycles. The minimum atomic E-state index is -0.214. The Morgan fingerprint density at radius 1 is 1.00 bits per heavy atom. The molecule has 3 aromatic rings. The van der Waals surface area contributed by atoms with Gasteiger partial charge < -0.3 is 10.2 Å². The Balaban J connectivity index is 1.71. The molecular weight excluding hydrogens is 327 g/mol. The zero-order valence-corrected chi connectivity index (χ0v) is 15.1. The molecule has 0 fully saturated rings. The molecular formula is C21H23FN4. The number of hydrogen-bond acceptors (Lipinski definition) is 4. The van der Waals surface area contributed by atoms with Gasteiger partial charge in [0.1, 0.15) is 11.6 Å². The highest BCUT2D eigenvalue weighted by Gasteiger charge is 2.11. The minimum absolute atomic E-state index is 0.214. The van der Waals surface area contributed by atoms with Crippen LogP contribution in [0.4, 0.5) is 21.8 Å². The summed E-state index contributed by atoms with van der Waals surface area (Å²) in [5.41, 5.74) is 3.09. The smallest absolute Gasteiger partial charge is 0.224 e. The van der Waals surface area contributed by atoms with Crippen molar-refractivity contribution in [1.29, 1.82) is 0 Å². The number of nitrogens with one attached hydrogen (secondary N) is 1. The zero-order chi connectivity index (χ0) is 18.4. The SMILES string of the molecule is CCN(c1ccccc1)c1cc(C)nc(NCCc2ccc(F)cc2)n1. The lowest BCUT2D eigenvalue weighted by molar-refractivity contribution is 0.627. The molecule has 2 aromatic carbocycles. The lowest BCUT2D eigenvalue weighted by Gasteiger charge is -2.23. The summed E-state index contributed by atoms with van der Waals surface area (Å²) >= 11 is 0. The number of benzene rings is 2. The molecule has 0 saturated carbocycles. The van der Waals surface area contributed by atoms with E-state index in [9.17, 15) is 4.39 Å². The maximum Gasteiger partial charge on any atom is 0.224 e. The van der Waals surface area contributed by atoms with Crippen LogP contribution < -0.4 is 10.2 Å². The second-order valence-corrected chi connectivity index (χ2v) is 6.07. The molecule has 0 spiro atoms. The van der Waals surface area contributed by atoms with E-state index in [-0.39, 0.29) is 5.82 Å². The van der Waals surface area contributed by atoms with Gasteiger partial charge >= 0.3 is 0 Å². The van der Waals surface area contributed by atoms with Gasteiger partial charge in [0.15, 0.2) is 0 Å². The summed E-state index contributed by atoms with van der Waals surface area (Å²) in [6, 6.07) is 18.7. The summed E-state index contributed by atoms with van der Waals surface area (Å²) in [6.45, 7) is 5.57. The Kier molecular flexibility index (Phi) is 5.79. The zero-order valence-electron chi connectivity index (χ0n) is 15.1. The van der Waals surface area contributed by atoms with Crippen LogP contribution in [0, 0.1) is 12.7 Å². The van der Waals surface area contributed by atoms with Crippen molar-refractivity contribution in [2.45, 2.75) is 20.3 Å². The van der Waals surface area contributed by atoms with Gasteiger partial charge in [0.25, 0.3) is 0 Å². The Morgan fingerprint density at radius 2 is 1.73 bits per heavy atom. The first kappa shape index (κ1) is 17.9. The first-order valence-corrected chi connectivity index (χ1v) is 8.82. The molecule has 0 atom stereocenters. The second-order valence-electron chi connectivity index (χ2n) is 6.07. The van der Waals surface area contributed by atoms with Crippen molar-refractivity contribution in [2.24, 2.45) is 0 Å². The van der Waals surface area contributed by atoms with Gasteiger partial charge in [-0.1, -0.05) is 30.3 Å². The molecule has 3 rings (SSSR count). The lowest BCUT2D eigenvalue weighted by Crippen LogP contribution is -2.19. The number of hydrogen-bond donors (Lipinski definition) is 1. The van der Waals surface area contributed by atoms with Crippen molar-refractivity contribution >= 4 is 17.5 Å². The second kappa shape index (κ2) is 8.43. The van der Waals surface area contributed by atoms with E-state index in [1.807, 2.05) is 31.2 Å². The summed E-state index contributed by atoms with van der Waals surface area (Å²) in [7, 11) is 0. The van der Waals surface area contributed by atoms with Crippen LogP contribution in [-0.2, 0) is 6.42 Å². The molecule has 1 aromatic heterocycles. The standard InChI is InChI=1S/C21H23FN4/c1-3-26(19-7-5-4-6-8-19)20-15-16(2)24-21(25-20)23-14-13-17-9-11-18(22)12-10-17/h4-12,15H,3,13-14H2,1-2H3,(H,23,24,25). The molecule has 0 bridgehead atoms. The van der Waals surface area contributed by atoms with Crippen LogP contribution in [0.25, 0.3) is 0 Å². The maximum absolute atomic E-state index is 13.0. The topological polar surface area (TPSA) is 41.1 Å². The van der Waals surface area contributed by atoms with Crippen LogP contribution in [-0.4, -0.2) is 23.1 Å². The van der Waals surface area contributed by atoms with E-state index >= 15 is 0 Å². The summed E-state index contributed by atoms with van der Waals surface area (Å²) in [5.74, 6) is 1.26. The molecule has 0 amide bonds. The fourth-order valence-corrected chi connectivity index (χ4v) is 2.82. The van der Waals surface area contributed by atoms with Gasteiger partial charge in [-0.3, -0.25) is 0 Å². The average Bonchev–Trinajstić information content (AvgIpc) is 2.65. The van der Waals surface area contributed by atoms with Gasteiger partial charge in [-0.2, -0.15) is 4.98 Å². The van der Waals surface area contributed by atoms with Crippen LogP contribution in [0.2, 0.25) is 0 Å². The number of aryl methyl sites for hydroxylation is 1. The van der Waals surface area contributed by atoms with Crippen LogP contribution in [0.15, 0.2) is 60.7 Å². The number of aromatic nitrogens is 2. The normalized spacial score (nSPS) is 10.6. The highest BCUT2D eigenvalue weighted by atomic mass is 19.1.